The predicted octanol–water partition coefficient (Wildman–Crippen LogP) is 4.40. The minimum absolute atomic E-state index is 0.686. The molecule has 0 aliphatic heterocycles. The molecule has 0 radical (unpaired) electrons. The first-order valence-electron chi connectivity index (χ1n) is 6.94. The first-order chi connectivity index (χ1) is 8.49. The van der Waals surface area contributed by atoms with Gasteiger partial charge in [0.05, 0.1) is 0 Å². The van der Waals surface area contributed by atoms with Crippen LogP contribution >= 0.6 is 11.6 Å². The Morgan fingerprint density at radius 2 is 1.56 bits per heavy atom. The molecule has 0 aliphatic rings. The SMILES string of the molecule is CC(C)CNCC(C)C(C)Cc1ccc(Cl)cc1. The van der Waals surface area contributed by atoms with Crippen LogP contribution in [0.1, 0.15) is 33.3 Å². The van der Waals surface area contributed by atoms with Crippen LogP contribution < -0.4 is 5.32 Å². The summed E-state index contributed by atoms with van der Waals surface area (Å²) in [5.41, 5.74) is 1.38. The Balaban J connectivity index is 2.35. The van der Waals surface area contributed by atoms with Gasteiger partial charge in [-0.1, -0.05) is 51.4 Å². The van der Waals surface area contributed by atoms with Gasteiger partial charge in [-0.05, 0) is 55.0 Å². The molecule has 0 fully saturated rings. The van der Waals surface area contributed by atoms with Gasteiger partial charge in [0.25, 0.3) is 0 Å². The van der Waals surface area contributed by atoms with Crippen molar-refractivity contribution in [2.75, 3.05) is 13.1 Å². The molecule has 1 N–H and O–H groups in total. The highest BCUT2D eigenvalue weighted by atomic mass is 35.5. The number of benzene rings is 1. The highest BCUT2D eigenvalue weighted by molar-refractivity contribution is 6.30. The van der Waals surface area contributed by atoms with Crippen LogP contribution in [0.25, 0.3) is 0 Å². The molecule has 1 aromatic rings. The van der Waals surface area contributed by atoms with Crippen LogP contribution in [0, 0.1) is 17.8 Å². The molecule has 0 heterocycles. The molecule has 1 rings (SSSR count). The number of hydrogen-bond acceptors (Lipinski definition) is 1. The van der Waals surface area contributed by atoms with Crippen molar-refractivity contribution in [1.82, 2.24) is 5.32 Å². The molecule has 2 unspecified atom stereocenters. The topological polar surface area (TPSA) is 12.0 Å². The zero-order chi connectivity index (χ0) is 13.5. The normalized spacial score (nSPS) is 14.8. The van der Waals surface area contributed by atoms with Gasteiger partial charge in [-0.3, -0.25) is 0 Å². The predicted molar refractivity (Wildman–Crippen MR) is 81.2 cm³/mol. The summed E-state index contributed by atoms with van der Waals surface area (Å²) in [4.78, 5) is 0. The molecule has 2 atom stereocenters. The first kappa shape index (κ1) is 15.5. The van der Waals surface area contributed by atoms with E-state index < -0.39 is 0 Å². The van der Waals surface area contributed by atoms with Crippen LogP contribution in [0.3, 0.4) is 0 Å². The highest BCUT2D eigenvalue weighted by Crippen LogP contribution is 2.18. The van der Waals surface area contributed by atoms with Gasteiger partial charge >= 0.3 is 0 Å². The second-order valence-corrected chi connectivity index (χ2v) is 6.27. The number of nitrogens with one attached hydrogen (secondary N) is 1. The summed E-state index contributed by atoms with van der Waals surface area (Å²) in [6.07, 6.45) is 1.13. The third kappa shape index (κ3) is 5.88. The van der Waals surface area contributed by atoms with E-state index in [2.05, 4.69) is 45.1 Å². The summed E-state index contributed by atoms with van der Waals surface area (Å²) < 4.78 is 0. The Labute approximate surface area is 117 Å². The van der Waals surface area contributed by atoms with E-state index in [9.17, 15) is 0 Å². The van der Waals surface area contributed by atoms with Gasteiger partial charge < -0.3 is 5.32 Å². The molecule has 0 saturated heterocycles. The van der Waals surface area contributed by atoms with Crippen molar-refractivity contribution in [3.8, 4) is 0 Å². The average molecular weight is 268 g/mol. The molecule has 0 aromatic heterocycles. The van der Waals surface area contributed by atoms with Gasteiger partial charge in [0, 0.05) is 5.02 Å². The molecular formula is C16H26ClN. The van der Waals surface area contributed by atoms with Gasteiger partial charge in [0.2, 0.25) is 0 Å². The summed E-state index contributed by atoms with van der Waals surface area (Å²) in [7, 11) is 0. The van der Waals surface area contributed by atoms with Gasteiger partial charge in [-0.15, -0.1) is 0 Å². The van der Waals surface area contributed by atoms with Gasteiger partial charge in [0.15, 0.2) is 0 Å². The monoisotopic (exact) mass is 267 g/mol. The molecule has 0 saturated carbocycles. The quantitative estimate of drug-likeness (QED) is 0.772. The minimum atomic E-state index is 0.686. The minimum Gasteiger partial charge on any atom is -0.316 e. The Hall–Kier alpha value is -0.530. The van der Waals surface area contributed by atoms with Gasteiger partial charge in [-0.2, -0.15) is 0 Å². The van der Waals surface area contributed by atoms with E-state index in [1.54, 1.807) is 0 Å². The van der Waals surface area contributed by atoms with Crippen molar-refractivity contribution in [2.45, 2.75) is 34.1 Å². The van der Waals surface area contributed by atoms with Crippen LogP contribution in [0.5, 0.6) is 0 Å². The zero-order valence-electron chi connectivity index (χ0n) is 12.0. The molecule has 0 bridgehead atoms. The average Bonchev–Trinajstić information content (AvgIpc) is 2.31. The lowest BCUT2D eigenvalue weighted by atomic mass is 9.89. The molecule has 0 amide bonds. The molecule has 0 aliphatic carbocycles. The number of halogens is 1. The van der Waals surface area contributed by atoms with Crippen molar-refractivity contribution >= 4 is 11.6 Å². The zero-order valence-corrected chi connectivity index (χ0v) is 12.8. The van der Waals surface area contributed by atoms with E-state index in [-0.39, 0.29) is 0 Å². The fourth-order valence-corrected chi connectivity index (χ4v) is 2.12. The van der Waals surface area contributed by atoms with E-state index in [4.69, 9.17) is 11.6 Å². The van der Waals surface area contributed by atoms with Crippen LogP contribution in [0.2, 0.25) is 5.02 Å². The molecule has 18 heavy (non-hydrogen) atoms. The molecule has 1 aromatic carbocycles. The van der Waals surface area contributed by atoms with Crippen LogP contribution in [0.4, 0.5) is 0 Å². The standard InChI is InChI=1S/C16H26ClN/c1-12(2)10-18-11-14(4)13(3)9-15-5-7-16(17)8-6-15/h5-8,12-14,18H,9-11H2,1-4H3. The summed E-state index contributed by atoms with van der Waals surface area (Å²) in [5.74, 6) is 2.11. The van der Waals surface area contributed by atoms with E-state index in [1.165, 1.54) is 5.56 Å². The summed E-state index contributed by atoms with van der Waals surface area (Å²) in [6, 6.07) is 8.22. The van der Waals surface area contributed by atoms with E-state index in [0.717, 1.165) is 30.5 Å². The first-order valence-corrected chi connectivity index (χ1v) is 7.32. The maximum Gasteiger partial charge on any atom is 0.0406 e. The smallest absolute Gasteiger partial charge is 0.0406 e. The Morgan fingerprint density at radius 3 is 2.11 bits per heavy atom. The largest absolute Gasteiger partial charge is 0.316 e. The number of rotatable bonds is 7. The number of hydrogen-bond donors (Lipinski definition) is 1. The third-order valence-corrected chi connectivity index (χ3v) is 3.71. The summed E-state index contributed by atoms with van der Waals surface area (Å²) >= 11 is 5.90. The lowest BCUT2D eigenvalue weighted by Crippen LogP contribution is -2.28. The molecule has 2 heteroatoms. The second kappa shape index (κ2) is 7.81. The van der Waals surface area contributed by atoms with Crippen molar-refractivity contribution in [1.29, 1.82) is 0 Å². The van der Waals surface area contributed by atoms with E-state index >= 15 is 0 Å². The van der Waals surface area contributed by atoms with Crippen molar-refractivity contribution in [3.05, 3.63) is 34.9 Å². The second-order valence-electron chi connectivity index (χ2n) is 5.84. The fraction of sp³-hybridized carbons (Fsp3) is 0.625. The van der Waals surface area contributed by atoms with E-state index in [0.29, 0.717) is 11.8 Å². The maximum atomic E-state index is 5.90. The Kier molecular flexibility index (Phi) is 6.73. The van der Waals surface area contributed by atoms with Crippen LogP contribution in [-0.4, -0.2) is 13.1 Å². The van der Waals surface area contributed by atoms with Crippen molar-refractivity contribution in [3.63, 3.8) is 0 Å². The lowest BCUT2D eigenvalue weighted by Gasteiger charge is -2.21. The molecular weight excluding hydrogens is 242 g/mol. The molecule has 1 nitrogen and oxygen atoms in total. The van der Waals surface area contributed by atoms with Crippen LogP contribution in [0.15, 0.2) is 24.3 Å². The lowest BCUT2D eigenvalue weighted by molar-refractivity contribution is 0.357. The van der Waals surface area contributed by atoms with Crippen molar-refractivity contribution < 1.29 is 0 Å². The summed E-state index contributed by atoms with van der Waals surface area (Å²) in [5, 5.41) is 4.36. The molecule has 102 valence electrons. The molecule has 0 spiro atoms. The Morgan fingerprint density at radius 1 is 0.944 bits per heavy atom. The van der Waals surface area contributed by atoms with Gasteiger partial charge in [-0.25, -0.2) is 0 Å². The third-order valence-electron chi connectivity index (χ3n) is 3.46. The summed E-state index contributed by atoms with van der Waals surface area (Å²) in [6.45, 7) is 11.4. The van der Waals surface area contributed by atoms with Crippen molar-refractivity contribution in [2.24, 2.45) is 17.8 Å². The Bertz CT molecular complexity index is 331. The van der Waals surface area contributed by atoms with Crippen LogP contribution in [-0.2, 0) is 6.42 Å². The fourth-order valence-electron chi connectivity index (χ4n) is 1.99. The van der Waals surface area contributed by atoms with E-state index in [1.807, 2.05) is 12.1 Å². The van der Waals surface area contributed by atoms with Gasteiger partial charge in [0.1, 0.15) is 0 Å². The maximum absolute atomic E-state index is 5.90. The highest BCUT2D eigenvalue weighted by Gasteiger charge is 2.12.